The van der Waals surface area contributed by atoms with Gasteiger partial charge in [-0.3, -0.25) is 0 Å². The number of rotatable bonds is 4. The van der Waals surface area contributed by atoms with Gasteiger partial charge in [0.1, 0.15) is 11.4 Å². The Hall–Kier alpha value is -0.570. The number of ketones is 1. The van der Waals surface area contributed by atoms with Crippen molar-refractivity contribution < 1.29 is 9.53 Å². The molecule has 4 heteroatoms. The lowest BCUT2D eigenvalue weighted by molar-refractivity contribution is -0.117. The topological polar surface area (TPSA) is 29.6 Å². The molecule has 2 rings (SSSR count). The van der Waals surface area contributed by atoms with Crippen molar-refractivity contribution in [3.05, 3.63) is 33.8 Å². The summed E-state index contributed by atoms with van der Waals surface area (Å²) >= 11 is 12.0. The van der Waals surface area contributed by atoms with Crippen LogP contribution in [-0.2, 0) is 15.1 Å². The highest BCUT2D eigenvalue weighted by atomic mass is 35.5. The Balaban J connectivity index is 2.19. The maximum absolute atomic E-state index is 11.0. The van der Waals surface area contributed by atoms with Crippen LogP contribution in [0.25, 0.3) is 0 Å². The van der Waals surface area contributed by atoms with E-state index in [1.807, 2.05) is 6.07 Å². The van der Waals surface area contributed by atoms with E-state index in [0.29, 0.717) is 29.5 Å². The summed E-state index contributed by atoms with van der Waals surface area (Å²) in [5, 5.41) is 1.21. The Labute approximate surface area is 104 Å². The van der Waals surface area contributed by atoms with E-state index in [1.165, 1.54) is 0 Å². The maximum atomic E-state index is 11.0. The summed E-state index contributed by atoms with van der Waals surface area (Å²) in [5.41, 5.74) is 0.577. The highest BCUT2D eigenvalue weighted by Gasteiger charge is 2.47. The minimum absolute atomic E-state index is 0.167. The Kier molecular flexibility index (Phi) is 3.24. The highest BCUT2D eigenvalue weighted by Crippen LogP contribution is 2.46. The minimum Gasteiger partial charge on any atom is -0.364 e. The number of hydrogen-bond donors (Lipinski definition) is 0. The van der Waals surface area contributed by atoms with E-state index in [-0.39, 0.29) is 11.4 Å². The Bertz CT molecular complexity index is 425. The van der Waals surface area contributed by atoms with Gasteiger partial charge in [-0.25, -0.2) is 0 Å². The molecule has 0 aromatic heterocycles. The summed E-state index contributed by atoms with van der Waals surface area (Å²) in [5.74, 6) is 0.167. The van der Waals surface area contributed by atoms with Crippen LogP contribution in [0.3, 0.4) is 0 Å². The third-order valence-electron chi connectivity index (χ3n) is 2.80. The lowest BCUT2D eigenvalue weighted by Crippen LogP contribution is -2.11. The minimum atomic E-state index is -0.354. The number of carbonyl (C=O) groups is 1. The molecule has 1 aliphatic rings. The standard InChI is InChI=1S/C12H12Cl2O2/c1-8(15)4-5-12(7-16-12)10-3-2-9(13)6-11(10)14/h2-3,6H,4-5,7H2,1H3. The number of hydrogen-bond acceptors (Lipinski definition) is 2. The molecule has 1 aliphatic heterocycles. The third-order valence-corrected chi connectivity index (χ3v) is 3.34. The van der Waals surface area contributed by atoms with E-state index in [2.05, 4.69) is 0 Å². The largest absolute Gasteiger partial charge is 0.364 e. The second-order valence-corrected chi connectivity index (χ2v) is 4.95. The molecule has 16 heavy (non-hydrogen) atoms. The van der Waals surface area contributed by atoms with Gasteiger partial charge in [0.15, 0.2) is 0 Å². The smallest absolute Gasteiger partial charge is 0.129 e. The normalized spacial score (nSPS) is 23.2. The molecule has 0 saturated carbocycles. The average molecular weight is 259 g/mol. The molecule has 1 saturated heterocycles. The van der Waals surface area contributed by atoms with Gasteiger partial charge in [0, 0.05) is 22.0 Å². The summed E-state index contributed by atoms with van der Waals surface area (Å²) in [6.07, 6.45) is 1.20. The zero-order chi connectivity index (χ0) is 11.8. The molecule has 86 valence electrons. The number of carbonyl (C=O) groups excluding carboxylic acids is 1. The van der Waals surface area contributed by atoms with Crippen molar-refractivity contribution in [2.24, 2.45) is 0 Å². The predicted molar refractivity (Wildman–Crippen MR) is 64.0 cm³/mol. The van der Waals surface area contributed by atoms with E-state index in [4.69, 9.17) is 27.9 Å². The SMILES string of the molecule is CC(=O)CCC1(c2ccc(Cl)cc2Cl)CO1. The molecular formula is C12H12Cl2O2. The molecule has 0 N–H and O–H groups in total. The fraction of sp³-hybridized carbons (Fsp3) is 0.417. The summed E-state index contributed by atoms with van der Waals surface area (Å²) < 4.78 is 5.47. The summed E-state index contributed by atoms with van der Waals surface area (Å²) in [7, 11) is 0. The monoisotopic (exact) mass is 258 g/mol. The van der Waals surface area contributed by atoms with Gasteiger partial charge in [0.25, 0.3) is 0 Å². The van der Waals surface area contributed by atoms with E-state index in [9.17, 15) is 4.79 Å². The van der Waals surface area contributed by atoms with Crippen LogP contribution in [-0.4, -0.2) is 12.4 Å². The lowest BCUT2D eigenvalue weighted by Gasteiger charge is -2.13. The summed E-state index contributed by atoms with van der Waals surface area (Å²) in [6, 6.07) is 5.37. The predicted octanol–water partition coefficient (Wildman–Crippen LogP) is 3.59. The van der Waals surface area contributed by atoms with Crippen LogP contribution in [0.5, 0.6) is 0 Å². The van der Waals surface area contributed by atoms with E-state index < -0.39 is 0 Å². The lowest BCUT2D eigenvalue weighted by atomic mass is 9.94. The maximum Gasteiger partial charge on any atom is 0.129 e. The van der Waals surface area contributed by atoms with Crippen molar-refractivity contribution in [2.45, 2.75) is 25.4 Å². The molecule has 0 amide bonds. The fourth-order valence-corrected chi connectivity index (χ4v) is 2.34. The number of benzene rings is 1. The van der Waals surface area contributed by atoms with Crippen LogP contribution >= 0.6 is 23.2 Å². The first-order chi connectivity index (χ1) is 7.53. The van der Waals surface area contributed by atoms with E-state index in [0.717, 1.165) is 5.56 Å². The molecule has 1 heterocycles. The molecule has 1 aromatic rings. The van der Waals surface area contributed by atoms with Crippen molar-refractivity contribution >= 4 is 29.0 Å². The Morgan fingerprint density at radius 3 is 2.69 bits per heavy atom. The van der Waals surface area contributed by atoms with Crippen molar-refractivity contribution in [1.82, 2.24) is 0 Å². The quantitative estimate of drug-likeness (QED) is 0.773. The van der Waals surface area contributed by atoms with Gasteiger partial charge in [0.2, 0.25) is 0 Å². The van der Waals surface area contributed by atoms with E-state index >= 15 is 0 Å². The van der Waals surface area contributed by atoms with Crippen LogP contribution in [0.4, 0.5) is 0 Å². The molecular weight excluding hydrogens is 247 g/mol. The van der Waals surface area contributed by atoms with Crippen molar-refractivity contribution in [3.8, 4) is 0 Å². The molecule has 0 radical (unpaired) electrons. The fourth-order valence-electron chi connectivity index (χ4n) is 1.76. The zero-order valence-electron chi connectivity index (χ0n) is 8.93. The van der Waals surface area contributed by atoms with Crippen LogP contribution in [0.1, 0.15) is 25.3 Å². The van der Waals surface area contributed by atoms with Crippen LogP contribution in [0.2, 0.25) is 10.0 Å². The third kappa shape index (κ3) is 2.40. The molecule has 2 nitrogen and oxygen atoms in total. The summed E-state index contributed by atoms with van der Waals surface area (Å²) in [4.78, 5) is 11.0. The van der Waals surface area contributed by atoms with Crippen LogP contribution < -0.4 is 0 Å². The molecule has 0 spiro atoms. The molecule has 1 aromatic carbocycles. The molecule has 0 aliphatic carbocycles. The van der Waals surface area contributed by atoms with E-state index in [1.54, 1.807) is 19.1 Å². The molecule has 1 unspecified atom stereocenters. The first-order valence-electron chi connectivity index (χ1n) is 5.12. The van der Waals surface area contributed by atoms with Gasteiger partial charge in [-0.1, -0.05) is 29.3 Å². The first-order valence-corrected chi connectivity index (χ1v) is 5.88. The van der Waals surface area contributed by atoms with Crippen LogP contribution in [0.15, 0.2) is 18.2 Å². The molecule has 0 bridgehead atoms. The van der Waals surface area contributed by atoms with Gasteiger partial charge in [-0.15, -0.1) is 0 Å². The zero-order valence-corrected chi connectivity index (χ0v) is 10.4. The van der Waals surface area contributed by atoms with Crippen LogP contribution in [0, 0.1) is 0 Å². The van der Waals surface area contributed by atoms with Gasteiger partial charge in [-0.2, -0.15) is 0 Å². The Morgan fingerprint density at radius 1 is 1.50 bits per heavy atom. The van der Waals surface area contributed by atoms with Crippen molar-refractivity contribution in [2.75, 3.05) is 6.61 Å². The summed E-state index contributed by atoms with van der Waals surface area (Å²) in [6.45, 7) is 2.21. The number of epoxide rings is 1. The van der Waals surface area contributed by atoms with Gasteiger partial charge >= 0.3 is 0 Å². The van der Waals surface area contributed by atoms with Gasteiger partial charge < -0.3 is 9.53 Å². The second-order valence-electron chi connectivity index (χ2n) is 4.11. The number of Topliss-reactive ketones (excluding diaryl/α,β-unsaturated/α-hetero) is 1. The Morgan fingerprint density at radius 2 is 2.19 bits per heavy atom. The highest BCUT2D eigenvalue weighted by molar-refractivity contribution is 6.35. The molecule has 1 atom stereocenters. The van der Waals surface area contributed by atoms with Gasteiger partial charge in [-0.05, 0) is 25.5 Å². The number of ether oxygens (including phenoxy) is 1. The molecule has 1 fully saturated rings. The van der Waals surface area contributed by atoms with Gasteiger partial charge in [0.05, 0.1) is 6.61 Å². The average Bonchev–Trinajstić information content (AvgIpc) is 2.96. The van der Waals surface area contributed by atoms with Crippen molar-refractivity contribution in [3.63, 3.8) is 0 Å². The number of halogens is 2. The van der Waals surface area contributed by atoms with Crippen molar-refractivity contribution in [1.29, 1.82) is 0 Å². The second kappa shape index (κ2) is 4.36. The first kappa shape index (κ1) is 11.9.